The highest BCUT2D eigenvalue weighted by Crippen LogP contribution is 2.46. The Hall–Kier alpha value is -2.32. The molecule has 98 valence electrons. The summed E-state index contributed by atoms with van der Waals surface area (Å²) < 4.78 is 8.84. The Morgan fingerprint density at radius 2 is 1.43 bits per heavy atom. The molecule has 1 nitrogen and oxygen atoms in total. The van der Waals surface area contributed by atoms with Gasteiger partial charge in [-0.3, -0.25) is 0 Å². The number of benzene rings is 3. The third kappa shape index (κ3) is 1.11. The Morgan fingerprint density at radius 1 is 0.667 bits per heavy atom. The van der Waals surface area contributed by atoms with Gasteiger partial charge in [0.15, 0.2) is 0 Å². The van der Waals surface area contributed by atoms with E-state index >= 15 is 0 Å². The van der Waals surface area contributed by atoms with E-state index < -0.39 is 0 Å². The van der Waals surface area contributed by atoms with Gasteiger partial charge < -0.3 is 4.42 Å². The van der Waals surface area contributed by atoms with E-state index in [4.69, 9.17) is 4.42 Å². The second-order valence-corrected chi connectivity index (χ2v) is 6.86. The maximum atomic E-state index is 6.09. The summed E-state index contributed by atoms with van der Waals surface area (Å²) in [6.07, 6.45) is 0.990. The second kappa shape index (κ2) is 3.29. The van der Waals surface area contributed by atoms with Crippen LogP contribution in [0.25, 0.3) is 42.1 Å². The summed E-state index contributed by atoms with van der Waals surface area (Å²) >= 11 is 1.89. The molecule has 0 atom stereocenters. The van der Waals surface area contributed by atoms with Crippen LogP contribution in [0.5, 0.6) is 0 Å². The molecule has 0 aliphatic heterocycles. The van der Waals surface area contributed by atoms with E-state index in [0.717, 1.165) is 17.6 Å². The first-order chi connectivity index (χ1) is 10.4. The van der Waals surface area contributed by atoms with Gasteiger partial charge in [0.1, 0.15) is 11.2 Å². The molecule has 0 amide bonds. The van der Waals surface area contributed by atoms with Crippen molar-refractivity contribution in [3.63, 3.8) is 0 Å². The van der Waals surface area contributed by atoms with Gasteiger partial charge in [-0.15, -0.1) is 11.3 Å². The van der Waals surface area contributed by atoms with Gasteiger partial charge >= 0.3 is 0 Å². The predicted octanol–water partition coefficient (Wildman–Crippen LogP) is 5.86. The minimum Gasteiger partial charge on any atom is -0.456 e. The molecule has 0 spiro atoms. The van der Waals surface area contributed by atoms with E-state index in [1.807, 2.05) is 11.3 Å². The van der Waals surface area contributed by atoms with Crippen LogP contribution in [0.4, 0.5) is 0 Å². The van der Waals surface area contributed by atoms with Crippen LogP contribution in [0.1, 0.15) is 11.1 Å². The molecular formula is C19H10OS. The molecule has 3 aromatic carbocycles. The Kier molecular flexibility index (Phi) is 1.63. The van der Waals surface area contributed by atoms with Crippen LogP contribution >= 0.6 is 11.3 Å². The molecule has 0 radical (unpaired) electrons. The van der Waals surface area contributed by atoms with Gasteiger partial charge in [0.25, 0.3) is 0 Å². The van der Waals surface area contributed by atoms with Gasteiger partial charge in [0, 0.05) is 30.9 Å². The quantitative estimate of drug-likeness (QED) is 0.341. The van der Waals surface area contributed by atoms with Crippen molar-refractivity contribution in [3.8, 4) is 0 Å². The van der Waals surface area contributed by atoms with Crippen molar-refractivity contribution in [2.24, 2.45) is 0 Å². The molecule has 2 aromatic heterocycles. The molecule has 1 aliphatic carbocycles. The van der Waals surface area contributed by atoms with Gasteiger partial charge in [0.2, 0.25) is 0 Å². The van der Waals surface area contributed by atoms with E-state index in [1.165, 1.54) is 42.1 Å². The highest BCUT2D eigenvalue weighted by molar-refractivity contribution is 7.26. The smallest absolute Gasteiger partial charge is 0.136 e. The SMILES string of the molecule is c1cc2c3c(c1)oc1ccc4sc5cccc(c5c4c13)C2. The molecule has 0 fully saturated rings. The first-order valence-corrected chi connectivity index (χ1v) is 7.99. The van der Waals surface area contributed by atoms with E-state index in [0.29, 0.717) is 0 Å². The summed E-state index contributed by atoms with van der Waals surface area (Å²) in [6.45, 7) is 0. The van der Waals surface area contributed by atoms with Crippen LogP contribution < -0.4 is 0 Å². The lowest BCUT2D eigenvalue weighted by atomic mass is 10.0. The topological polar surface area (TPSA) is 13.1 Å². The number of rotatable bonds is 0. The lowest BCUT2D eigenvalue weighted by molar-refractivity contribution is 0.669. The van der Waals surface area contributed by atoms with Crippen molar-refractivity contribution in [3.05, 3.63) is 59.7 Å². The van der Waals surface area contributed by atoms with Gasteiger partial charge in [-0.25, -0.2) is 0 Å². The molecule has 2 heterocycles. The van der Waals surface area contributed by atoms with Crippen molar-refractivity contribution in [2.75, 3.05) is 0 Å². The average molecular weight is 286 g/mol. The van der Waals surface area contributed by atoms with Crippen LogP contribution in [0.3, 0.4) is 0 Å². The van der Waals surface area contributed by atoms with Gasteiger partial charge in [-0.05, 0) is 41.8 Å². The van der Waals surface area contributed by atoms with Gasteiger partial charge in [-0.1, -0.05) is 24.3 Å². The number of thiophene rings is 1. The number of hydrogen-bond acceptors (Lipinski definition) is 2. The zero-order chi connectivity index (χ0) is 13.6. The Bertz CT molecular complexity index is 1110. The van der Waals surface area contributed by atoms with Crippen molar-refractivity contribution in [1.29, 1.82) is 0 Å². The Balaban J connectivity index is 2.12. The summed E-state index contributed by atoms with van der Waals surface area (Å²) in [5, 5.41) is 5.46. The van der Waals surface area contributed by atoms with Crippen LogP contribution in [-0.2, 0) is 6.42 Å². The van der Waals surface area contributed by atoms with Crippen molar-refractivity contribution in [1.82, 2.24) is 0 Å². The molecule has 6 rings (SSSR count). The molecule has 5 aromatic rings. The highest BCUT2D eigenvalue weighted by Gasteiger charge is 2.21. The monoisotopic (exact) mass is 286 g/mol. The first-order valence-electron chi connectivity index (χ1n) is 7.17. The van der Waals surface area contributed by atoms with E-state index in [-0.39, 0.29) is 0 Å². The molecular weight excluding hydrogens is 276 g/mol. The van der Waals surface area contributed by atoms with E-state index in [2.05, 4.69) is 48.5 Å². The summed E-state index contributed by atoms with van der Waals surface area (Å²) in [7, 11) is 0. The highest BCUT2D eigenvalue weighted by atomic mass is 32.1. The summed E-state index contributed by atoms with van der Waals surface area (Å²) in [5.41, 5.74) is 4.85. The molecule has 0 N–H and O–H groups in total. The molecule has 2 heteroatoms. The molecule has 0 saturated carbocycles. The number of hydrogen-bond donors (Lipinski definition) is 0. The average Bonchev–Trinajstić information content (AvgIpc) is 2.99. The zero-order valence-corrected chi connectivity index (χ0v) is 12.0. The summed E-state index contributed by atoms with van der Waals surface area (Å²) in [5.74, 6) is 0. The second-order valence-electron chi connectivity index (χ2n) is 5.77. The fraction of sp³-hybridized carbons (Fsp3) is 0.0526. The number of furan rings is 1. The van der Waals surface area contributed by atoms with E-state index in [9.17, 15) is 0 Å². The van der Waals surface area contributed by atoms with Crippen LogP contribution in [0.15, 0.2) is 52.9 Å². The minimum atomic E-state index is 0.990. The van der Waals surface area contributed by atoms with Crippen molar-refractivity contribution < 1.29 is 4.42 Å². The Labute approximate surface area is 124 Å². The maximum absolute atomic E-state index is 6.09. The molecule has 21 heavy (non-hydrogen) atoms. The molecule has 0 bridgehead atoms. The van der Waals surface area contributed by atoms with Crippen LogP contribution in [-0.4, -0.2) is 0 Å². The largest absolute Gasteiger partial charge is 0.456 e. The van der Waals surface area contributed by atoms with Crippen LogP contribution in [0, 0.1) is 0 Å². The lowest BCUT2D eigenvalue weighted by Gasteiger charge is -2.03. The first kappa shape index (κ1) is 10.4. The molecule has 1 aliphatic rings. The van der Waals surface area contributed by atoms with Gasteiger partial charge in [0.05, 0.1) is 0 Å². The van der Waals surface area contributed by atoms with E-state index in [1.54, 1.807) is 0 Å². The van der Waals surface area contributed by atoms with Crippen LogP contribution in [0.2, 0.25) is 0 Å². The lowest BCUT2D eigenvalue weighted by Crippen LogP contribution is -1.87. The molecule has 0 saturated heterocycles. The summed E-state index contributed by atoms with van der Waals surface area (Å²) in [6, 6.07) is 17.5. The molecule has 0 unspecified atom stereocenters. The fourth-order valence-corrected chi connectivity index (χ4v) is 5.02. The normalized spacial score (nSPS) is 13.5. The standard InChI is InChI=1S/C19H10OS/c1-3-10-9-11-4-2-6-14-17(11)19-15(21-14)8-7-13-18(19)16(10)12(5-1)20-13/h1-8H,9H2. The predicted molar refractivity (Wildman–Crippen MR) is 89.4 cm³/mol. The fourth-order valence-electron chi connectivity index (χ4n) is 3.86. The maximum Gasteiger partial charge on any atom is 0.136 e. The van der Waals surface area contributed by atoms with Crippen molar-refractivity contribution in [2.45, 2.75) is 6.42 Å². The third-order valence-corrected chi connectivity index (χ3v) is 5.79. The third-order valence-electron chi connectivity index (χ3n) is 4.67. The Morgan fingerprint density at radius 3 is 2.38 bits per heavy atom. The van der Waals surface area contributed by atoms with Crippen molar-refractivity contribution >= 4 is 53.4 Å². The van der Waals surface area contributed by atoms with Gasteiger partial charge in [-0.2, -0.15) is 0 Å². The minimum absolute atomic E-state index is 0.990. The summed E-state index contributed by atoms with van der Waals surface area (Å²) in [4.78, 5) is 0. The zero-order valence-electron chi connectivity index (χ0n) is 11.1.